The minimum Gasteiger partial charge on any atom is -0.326 e. The Morgan fingerprint density at radius 3 is 2.75 bits per heavy atom. The molecular formula is C21H16ClFN2O2S. The summed E-state index contributed by atoms with van der Waals surface area (Å²) in [6.45, 7) is 0.466. The van der Waals surface area contributed by atoms with Crippen LogP contribution in [0.15, 0.2) is 60.0 Å². The van der Waals surface area contributed by atoms with Gasteiger partial charge in [0, 0.05) is 22.7 Å². The van der Waals surface area contributed by atoms with Gasteiger partial charge in [-0.2, -0.15) is 0 Å². The normalized spacial score (nSPS) is 14.1. The van der Waals surface area contributed by atoms with Crippen LogP contribution in [0.25, 0.3) is 0 Å². The van der Waals surface area contributed by atoms with Crippen molar-refractivity contribution < 1.29 is 14.0 Å². The van der Waals surface area contributed by atoms with Crippen LogP contribution in [0.2, 0.25) is 5.02 Å². The first kappa shape index (κ1) is 18.7. The summed E-state index contributed by atoms with van der Waals surface area (Å²) < 4.78 is 13.3. The maximum absolute atomic E-state index is 13.3. The molecule has 0 radical (unpaired) electrons. The number of carbonyl (C=O) groups excluding carboxylic acids is 2. The largest absolute Gasteiger partial charge is 0.326 e. The Morgan fingerprint density at radius 2 is 2.04 bits per heavy atom. The Bertz CT molecular complexity index is 1040. The number of rotatable bonds is 5. The Morgan fingerprint density at radius 1 is 1.21 bits per heavy atom. The minimum atomic E-state index is -0.545. The minimum absolute atomic E-state index is 0.0576. The van der Waals surface area contributed by atoms with Gasteiger partial charge in [0.2, 0.25) is 5.91 Å². The molecule has 7 heteroatoms. The van der Waals surface area contributed by atoms with E-state index in [0.717, 1.165) is 10.4 Å². The molecule has 1 N–H and O–H groups in total. The van der Waals surface area contributed by atoms with E-state index in [1.807, 2.05) is 41.8 Å². The lowest BCUT2D eigenvalue weighted by molar-refractivity contribution is -0.117. The van der Waals surface area contributed by atoms with Crippen LogP contribution in [-0.2, 0) is 11.3 Å². The highest BCUT2D eigenvalue weighted by Crippen LogP contribution is 2.35. The number of carbonyl (C=O) groups is 2. The molecule has 1 atom stereocenters. The second kappa shape index (κ2) is 7.73. The molecule has 4 rings (SSSR count). The predicted octanol–water partition coefficient (Wildman–Crippen LogP) is 5.27. The first-order valence-electron chi connectivity index (χ1n) is 8.70. The molecule has 28 heavy (non-hydrogen) atoms. The molecule has 1 aromatic heterocycles. The van der Waals surface area contributed by atoms with Gasteiger partial charge in [-0.25, -0.2) is 4.39 Å². The number of nitrogens with zero attached hydrogens (tertiary/aromatic N) is 1. The Labute approximate surface area is 170 Å². The van der Waals surface area contributed by atoms with E-state index in [1.165, 1.54) is 29.5 Å². The van der Waals surface area contributed by atoms with E-state index in [0.29, 0.717) is 17.8 Å². The van der Waals surface area contributed by atoms with Crippen LogP contribution >= 0.6 is 22.9 Å². The summed E-state index contributed by atoms with van der Waals surface area (Å²) in [5, 5.41) is 4.61. The maximum Gasteiger partial charge on any atom is 0.255 e. The van der Waals surface area contributed by atoms with Crippen molar-refractivity contribution in [1.82, 2.24) is 4.90 Å². The molecule has 0 saturated carbocycles. The summed E-state index contributed by atoms with van der Waals surface area (Å²) in [5.74, 6) is -0.895. The highest BCUT2D eigenvalue weighted by Gasteiger charge is 2.34. The topological polar surface area (TPSA) is 49.4 Å². The zero-order valence-corrected chi connectivity index (χ0v) is 16.3. The lowest BCUT2D eigenvalue weighted by Crippen LogP contribution is -2.31. The number of thiophene rings is 1. The van der Waals surface area contributed by atoms with Gasteiger partial charge >= 0.3 is 0 Å². The summed E-state index contributed by atoms with van der Waals surface area (Å²) in [6.07, 6.45) is 0.0925. The van der Waals surface area contributed by atoms with Crippen LogP contribution in [-0.4, -0.2) is 16.7 Å². The standard InChI is InChI=1S/C21H16ClFN2O2S/c22-16-10-14(7-8-17(16)23)24-20(26)11-18(19-6-3-9-28-19)25-12-13-4-1-2-5-15(13)21(25)27/h1-10,18H,11-12H2,(H,24,26)/t18-/m1/s1. The van der Waals surface area contributed by atoms with Gasteiger partial charge in [0.25, 0.3) is 5.91 Å². The van der Waals surface area contributed by atoms with Gasteiger partial charge in [-0.1, -0.05) is 35.9 Å². The van der Waals surface area contributed by atoms with Crippen LogP contribution in [0.3, 0.4) is 0 Å². The molecule has 2 heterocycles. The zero-order chi connectivity index (χ0) is 19.7. The number of anilines is 1. The molecule has 0 unspecified atom stereocenters. The van der Waals surface area contributed by atoms with Crippen molar-refractivity contribution in [1.29, 1.82) is 0 Å². The fraction of sp³-hybridized carbons (Fsp3) is 0.143. The summed E-state index contributed by atoms with van der Waals surface area (Å²) in [5.41, 5.74) is 2.05. The molecule has 2 amide bonds. The molecule has 0 bridgehead atoms. The summed E-state index contributed by atoms with van der Waals surface area (Å²) in [6, 6.07) is 15.0. The highest BCUT2D eigenvalue weighted by molar-refractivity contribution is 7.10. The number of nitrogens with one attached hydrogen (secondary N) is 1. The lowest BCUT2D eigenvalue weighted by atomic mass is 10.1. The first-order valence-corrected chi connectivity index (χ1v) is 9.96. The van der Waals surface area contributed by atoms with E-state index >= 15 is 0 Å². The molecule has 0 aliphatic carbocycles. The van der Waals surface area contributed by atoms with Crippen molar-refractivity contribution in [2.45, 2.75) is 19.0 Å². The van der Waals surface area contributed by atoms with Crippen LogP contribution in [0.4, 0.5) is 10.1 Å². The quantitative estimate of drug-likeness (QED) is 0.618. The van der Waals surface area contributed by atoms with E-state index in [4.69, 9.17) is 11.6 Å². The van der Waals surface area contributed by atoms with Crippen molar-refractivity contribution in [3.05, 3.63) is 86.8 Å². The van der Waals surface area contributed by atoms with Crippen molar-refractivity contribution in [3.63, 3.8) is 0 Å². The fourth-order valence-electron chi connectivity index (χ4n) is 3.34. The predicted molar refractivity (Wildman–Crippen MR) is 108 cm³/mol. The van der Waals surface area contributed by atoms with Gasteiger partial charge in [-0.05, 0) is 41.3 Å². The molecule has 2 aromatic carbocycles. The van der Waals surface area contributed by atoms with E-state index in [2.05, 4.69) is 5.32 Å². The molecule has 1 aliphatic heterocycles. The van der Waals surface area contributed by atoms with Gasteiger partial charge < -0.3 is 10.2 Å². The second-order valence-corrected chi connectivity index (χ2v) is 7.89. The fourth-order valence-corrected chi connectivity index (χ4v) is 4.35. The van der Waals surface area contributed by atoms with Gasteiger partial charge in [0.15, 0.2) is 0 Å². The van der Waals surface area contributed by atoms with Gasteiger partial charge in [-0.15, -0.1) is 11.3 Å². The van der Waals surface area contributed by atoms with E-state index < -0.39 is 5.82 Å². The van der Waals surface area contributed by atoms with Gasteiger partial charge in [0.05, 0.1) is 17.5 Å². The molecule has 3 aromatic rings. The Kier molecular flexibility index (Phi) is 5.15. The number of fused-ring (bicyclic) bond motifs is 1. The molecule has 142 valence electrons. The van der Waals surface area contributed by atoms with Gasteiger partial charge in [-0.3, -0.25) is 9.59 Å². The van der Waals surface area contributed by atoms with E-state index in [-0.39, 0.29) is 29.3 Å². The van der Waals surface area contributed by atoms with Crippen molar-refractivity contribution in [2.24, 2.45) is 0 Å². The number of halogens is 2. The molecule has 0 saturated heterocycles. The van der Waals surface area contributed by atoms with E-state index in [9.17, 15) is 14.0 Å². The van der Waals surface area contributed by atoms with Crippen LogP contribution < -0.4 is 5.32 Å². The average molecular weight is 415 g/mol. The second-order valence-electron chi connectivity index (χ2n) is 6.50. The van der Waals surface area contributed by atoms with Crippen molar-refractivity contribution in [2.75, 3.05) is 5.32 Å². The van der Waals surface area contributed by atoms with Crippen molar-refractivity contribution in [3.8, 4) is 0 Å². The number of benzene rings is 2. The Hall–Kier alpha value is -2.70. The molecular weight excluding hydrogens is 399 g/mol. The average Bonchev–Trinajstić information content (AvgIpc) is 3.32. The van der Waals surface area contributed by atoms with Gasteiger partial charge in [0.1, 0.15) is 5.82 Å². The highest BCUT2D eigenvalue weighted by atomic mass is 35.5. The lowest BCUT2D eigenvalue weighted by Gasteiger charge is -2.26. The third-order valence-electron chi connectivity index (χ3n) is 4.68. The van der Waals surface area contributed by atoms with Crippen molar-refractivity contribution >= 4 is 40.4 Å². The van der Waals surface area contributed by atoms with Crippen LogP contribution in [0, 0.1) is 5.82 Å². The molecule has 0 fully saturated rings. The number of hydrogen-bond donors (Lipinski definition) is 1. The summed E-state index contributed by atoms with van der Waals surface area (Å²) >= 11 is 7.29. The maximum atomic E-state index is 13.3. The Balaban J connectivity index is 1.55. The molecule has 0 spiro atoms. The smallest absolute Gasteiger partial charge is 0.255 e. The van der Waals surface area contributed by atoms with E-state index in [1.54, 1.807) is 4.90 Å². The molecule has 1 aliphatic rings. The SMILES string of the molecule is O=C(C[C@H](c1cccs1)N1Cc2ccccc2C1=O)Nc1ccc(F)c(Cl)c1. The third kappa shape index (κ3) is 3.66. The number of hydrogen-bond acceptors (Lipinski definition) is 3. The zero-order valence-electron chi connectivity index (χ0n) is 14.7. The number of amides is 2. The monoisotopic (exact) mass is 414 g/mol. The summed E-state index contributed by atoms with van der Waals surface area (Å²) in [4.78, 5) is 28.2. The first-order chi connectivity index (χ1) is 13.5. The van der Waals surface area contributed by atoms with Crippen LogP contribution in [0.1, 0.15) is 33.3 Å². The van der Waals surface area contributed by atoms with Crippen LogP contribution in [0.5, 0.6) is 0 Å². The third-order valence-corrected chi connectivity index (χ3v) is 5.94. The summed E-state index contributed by atoms with van der Waals surface area (Å²) in [7, 11) is 0. The molecule has 4 nitrogen and oxygen atoms in total.